The summed E-state index contributed by atoms with van der Waals surface area (Å²) in [5.74, 6) is 0.843. The van der Waals surface area contributed by atoms with Gasteiger partial charge in [-0.1, -0.05) is 32.1 Å². The smallest absolute Gasteiger partial charge is 0.185 e. The second-order valence-corrected chi connectivity index (χ2v) is 8.05. The molecule has 0 bridgehead atoms. The van der Waals surface area contributed by atoms with Gasteiger partial charge in [-0.25, -0.2) is 4.98 Å². The van der Waals surface area contributed by atoms with Gasteiger partial charge >= 0.3 is 0 Å². The van der Waals surface area contributed by atoms with Crippen molar-refractivity contribution in [2.24, 2.45) is 11.3 Å². The number of hydrogen-bond donors (Lipinski definition) is 1. The number of fused-ring (bicyclic) bond motifs is 1. The van der Waals surface area contributed by atoms with Gasteiger partial charge in [-0.15, -0.1) is 0 Å². The summed E-state index contributed by atoms with van der Waals surface area (Å²) in [5, 5.41) is 11.4. The molecule has 3 nitrogen and oxygen atoms in total. The molecule has 1 fully saturated rings. The Bertz CT molecular complexity index is 461. The fraction of sp³-hybridized carbons (Fsp3) is 0.800. The summed E-state index contributed by atoms with van der Waals surface area (Å²) in [5.41, 5.74) is 1.32. The maximum Gasteiger partial charge on any atom is 0.185 e. The van der Waals surface area contributed by atoms with Gasteiger partial charge in [0, 0.05) is 13.1 Å². The third-order valence-electron chi connectivity index (χ3n) is 4.47. The van der Waals surface area contributed by atoms with Crippen LogP contribution in [-0.4, -0.2) is 23.2 Å². The Labute approximate surface area is 119 Å². The highest BCUT2D eigenvalue weighted by molar-refractivity contribution is 7.15. The minimum absolute atomic E-state index is 0.175. The third kappa shape index (κ3) is 2.65. The molecule has 1 aliphatic carbocycles. The minimum atomic E-state index is -0.311. The van der Waals surface area contributed by atoms with Crippen molar-refractivity contribution in [2.75, 3.05) is 18.0 Å². The van der Waals surface area contributed by atoms with Crippen LogP contribution >= 0.6 is 11.3 Å². The normalized spacial score (nSPS) is 27.4. The number of aliphatic hydroxyl groups is 1. The lowest BCUT2D eigenvalue weighted by atomic mass is 9.77. The first kappa shape index (κ1) is 13.4. The number of anilines is 1. The quantitative estimate of drug-likeness (QED) is 0.856. The van der Waals surface area contributed by atoms with Crippen molar-refractivity contribution in [1.82, 2.24) is 4.98 Å². The average Bonchev–Trinajstić information content (AvgIpc) is 2.72. The summed E-state index contributed by atoms with van der Waals surface area (Å²) >= 11 is 1.72. The number of aromatic nitrogens is 1. The Kier molecular flexibility index (Phi) is 3.34. The molecule has 106 valence electrons. The van der Waals surface area contributed by atoms with Crippen LogP contribution in [0.25, 0.3) is 0 Å². The second-order valence-electron chi connectivity index (χ2n) is 7.04. The number of piperidine rings is 1. The molecular weight excluding hydrogens is 256 g/mol. The molecule has 1 aliphatic heterocycles. The van der Waals surface area contributed by atoms with E-state index in [1.165, 1.54) is 12.8 Å². The number of aliphatic hydroxyl groups excluding tert-OH is 1. The van der Waals surface area contributed by atoms with Crippen LogP contribution in [0.1, 0.15) is 56.7 Å². The fourth-order valence-corrected chi connectivity index (χ4v) is 4.33. The maximum absolute atomic E-state index is 10.3. The van der Waals surface area contributed by atoms with E-state index >= 15 is 0 Å². The number of hydrogen-bond acceptors (Lipinski definition) is 4. The highest BCUT2D eigenvalue weighted by Crippen LogP contribution is 2.44. The minimum Gasteiger partial charge on any atom is -0.387 e. The van der Waals surface area contributed by atoms with Crippen molar-refractivity contribution in [3.63, 3.8) is 0 Å². The maximum atomic E-state index is 10.3. The van der Waals surface area contributed by atoms with Crippen molar-refractivity contribution >= 4 is 16.5 Å². The topological polar surface area (TPSA) is 36.4 Å². The van der Waals surface area contributed by atoms with E-state index in [0.29, 0.717) is 0 Å². The van der Waals surface area contributed by atoms with Crippen molar-refractivity contribution in [1.29, 1.82) is 0 Å². The number of thiazole rings is 1. The Morgan fingerprint density at radius 3 is 2.68 bits per heavy atom. The van der Waals surface area contributed by atoms with E-state index in [0.717, 1.165) is 47.6 Å². The predicted molar refractivity (Wildman–Crippen MR) is 79.8 cm³/mol. The molecule has 4 heteroatoms. The molecule has 19 heavy (non-hydrogen) atoms. The average molecular weight is 280 g/mol. The first-order chi connectivity index (χ1) is 8.94. The fourth-order valence-electron chi connectivity index (χ4n) is 3.21. The molecule has 0 aromatic carbocycles. The van der Waals surface area contributed by atoms with Gasteiger partial charge in [0.1, 0.15) is 0 Å². The predicted octanol–water partition coefficient (Wildman–Crippen LogP) is 3.39. The van der Waals surface area contributed by atoms with Gasteiger partial charge in [-0.2, -0.15) is 0 Å². The van der Waals surface area contributed by atoms with E-state index in [9.17, 15) is 5.11 Å². The Balaban J connectivity index is 1.83. The van der Waals surface area contributed by atoms with Gasteiger partial charge in [0.25, 0.3) is 0 Å². The van der Waals surface area contributed by atoms with Crippen LogP contribution in [0, 0.1) is 11.3 Å². The molecule has 3 rings (SSSR count). The summed E-state index contributed by atoms with van der Waals surface area (Å²) in [7, 11) is 0. The molecule has 1 aromatic heterocycles. The summed E-state index contributed by atoms with van der Waals surface area (Å²) in [6.45, 7) is 9.01. The lowest BCUT2D eigenvalue weighted by Gasteiger charge is -2.31. The van der Waals surface area contributed by atoms with Gasteiger partial charge in [0.05, 0.1) is 16.7 Å². The van der Waals surface area contributed by atoms with Crippen molar-refractivity contribution in [2.45, 2.75) is 52.6 Å². The summed E-state index contributed by atoms with van der Waals surface area (Å²) in [6.07, 6.45) is 4.07. The molecule has 0 saturated carbocycles. The zero-order chi connectivity index (χ0) is 13.6. The molecule has 1 aromatic rings. The first-order valence-corrected chi connectivity index (χ1v) is 8.19. The van der Waals surface area contributed by atoms with E-state index < -0.39 is 0 Å². The Hall–Kier alpha value is -0.610. The molecule has 1 saturated heterocycles. The zero-order valence-corrected chi connectivity index (χ0v) is 13.0. The molecule has 1 unspecified atom stereocenters. The van der Waals surface area contributed by atoms with E-state index in [1.807, 2.05) is 0 Å². The standard InChI is InChI=1S/C15H24N2OS/c1-10-4-6-17(7-5-10)14-16-11-8-15(2,3)9-12(18)13(11)19-14/h10,12,18H,4-9H2,1-3H3. The van der Waals surface area contributed by atoms with E-state index in [4.69, 9.17) is 4.98 Å². The Morgan fingerprint density at radius 2 is 2.00 bits per heavy atom. The molecule has 1 N–H and O–H groups in total. The number of rotatable bonds is 1. The SMILES string of the molecule is CC1CCN(c2nc3c(s2)C(O)CC(C)(C)C3)CC1. The Morgan fingerprint density at radius 1 is 1.32 bits per heavy atom. The lowest BCUT2D eigenvalue weighted by Crippen LogP contribution is -2.32. The monoisotopic (exact) mass is 280 g/mol. The van der Waals surface area contributed by atoms with Crippen molar-refractivity contribution in [3.05, 3.63) is 10.6 Å². The second kappa shape index (κ2) is 4.74. The van der Waals surface area contributed by atoms with E-state index in [2.05, 4.69) is 25.7 Å². The van der Waals surface area contributed by atoms with Gasteiger partial charge in [0.15, 0.2) is 5.13 Å². The van der Waals surface area contributed by atoms with Crippen LogP contribution in [0.3, 0.4) is 0 Å². The van der Waals surface area contributed by atoms with Gasteiger partial charge in [0.2, 0.25) is 0 Å². The van der Waals surface area contributed by atoms with Gasteiger partial charge in [-0.3, -0.25) is 0 Å². The lowest BCUT2D eigenvalue weighted by molar-refractivity contribution is 0.102. The molecule has 0 radical (unpaired) electrons. The third-order valence-corrected chi connectivity index (χ3v) is 5.72. The van der Waals surface area contributed by atoms with Crippen LogP contribution in [0.2, 0.25) is 0 Å². The summed E-state index contributed by atoms with van der Waals surface area (Å²) in [6, 6.07) is 0. The first-order valence-electron chi connectivity index (χ1n) is 7.37. The molecule has 0 spiro atoms. The highest BCUT2D eigenvalue weighted by atomic mass is 32.1. The highest BCUT2D eigenvalue weighted by Gasteiger charge is 2.35. The van der Waals surface area contributed by atoms with Crippen LogP contribution in [-0.2, 0) is 6.42 Å². The van der Waals surface area contributed by atoms with Crippen molar-refractivity contribution in [3.8, 4) is 0 Å². The van der Waals surface area contributed by atoms with E-state index in [-0.39, 0.29) is 11.5 Å². The number of nitrogens with zero attached hydrogens (tertiary/aromatic N) is 2. The van der Waals surface area contributed by atoms with Crippen LogP contribution < -0.4 is 4.90 Å². The molecule has 2 aliphatic rings. The largest absolute Gasteiger partial charge is 0.387 e. The van der Waals surface area contributed by atoms with Crippen molar-refractivity contribution < 1.29 is 5.11 Å². The van der Waals surface area contributed by atoms with E-state index in [1.54, 1.807) is 11.3 Å². The van der Waals surface area contributed by atoms with Crippen LogP contribution in [0.5, 0.6) is 0 Å². The summed E-state index contributed by atoms with van der Waals surface area (Å²) in [4.78, 5) is 8.35. The molecule has 0 amide bonds. The molecule has 2 heterocycles. The zero-order valence-electron chi connectivity index (χ0n) is 12.1. The molecule has 1 atom stereocenters. The van der Waals surface area contributed by atoms with Crippen LogP contribution in [0.4, 0.5) is 5.13 Å². The van der Waals surface area contributed by atoms with Gasteiger partial charge in [-0.05, 0) is 37.0 Å². The molecular formula is C15H24N2OS. The van der Waals surface area contributed by atoms with Gasteiger partial charge < -0.3 is 10.0 Å². The van der Waals surface area contributed by atoms with Crippen LogP contribution in [0.15, 0.2) is 0 Å². The summed E-state index contributed by atoms with van der Waals surface area (Å²) < 4.78 is 0.